The van der Waals surface area contributed by atoms with Gasteiger partial charge in [0.2, 0.25) is 0 Å². The lowest BCUT2D eigenvalue weighted by Crippen LogP contribution is -2.11. The third-order valence-electron chi connectivity index (χ3n) is 3.18. The van der Waals surface area contributed by atoms with Crippen LogP contribution in [-0.2, 0) is 5.33 Å². The van der Waals surface area contributed by atoms with Crippen molar-refractivity contribution in [1.82, 2.24) is 0 Å². The van der Waals surface area contributed by atoms with Crippen molar-refractivity contribution in [2.45, 2.75) is 5.33 Å². The van der Waals surface area contributed by atoms with E-state index in [1.54, 1.807) is 24.3 Å². The van der Waals surface area contributed by atoms with Crippen molar-refractivity contribution in [3.05, 3.63) is 63.7 Å². The molecule has 0 aliphatic rings. The fourth-order valence-electron chi connectivity index (χ4n) is 2.07. The zero-order valence-corrected chi connectivity index (χ0v) is 12.9. The van der Waals surface area contributed by atoms with Crippen LogP contribution in [-0.4, -0.2) is 12.0 Å². The number of anilines is 2. The summed E-state index contributed by atoms with van der Waals surface area (Å²) < 4.78 is 0. The van der Waals surface area contributed by atoms with Crippen LogP contribution in [0.2, 0.25) is 0 Å². The van der Waals surface area contributed by atoms with E-state index in [1.807, 2.05) is 24.1 Å². The number of rotatable bonds is 4. The second-order valence-electron chi connectivity index (χ2n) is 4.39. The molecule has 0 unspecified atom stereocenters. The lowest BCUT2D eigenvalue weighted by molar-refractivity contribution is -0.385. The van der Waals surface area contributed by atoms with Gasteiger partial charge in [-0.1, -0.05) is 28.1 Å². The van der Waals surface area contributed by atoms with Gasteiger partial charge >= 0.3 is 0 Å². The Labute approximate surface area is 130 Å². The summed E-state index contributed by atoms with van der Waals surface area (Å²) in [7, 11) is 1.83. The monoisotopic (exact) mass is 345 g/mol. The smallest absolute Gasteiger partial charge is 0.273 e. The zero-order valence-electron chi connectivity index (χ0n) is 11.3. The largest absolute Gasteiger partial charge is 0.344 e. The summed E-state index contributed by atoms with van der Waals surface area (Å²) in [5, 5.41) is 20.5. The van der Waals surface area contributed by atoms with Crippen LogP contribution in [0.5, 0.6) is 0 Å². The SMILES string of the molecule is CN(c1ccc([N+](=O)[O-])c(CBr)c1)c1ccccc1C#N. The van der Waals surface area contributed by atoms with Gasteiger partial charge in [-0.15, -0.1) is 0 Å². The second-order valence-corrected chi connectivity index (χ2v) is 4.95. The van der Waals surface area contributed by atoms with Gasteiger partial charge in [0.05, 0.1) is 16.2 Å². The van der Waals surface area contributed by atoms with Crippen LogP contribution in [0.1, 0.15) is 11.1 Å². The van der Waals surface area contributed by atoms with Crippen molar-refractivity contribution in [3.8, 4) is 6.07 Å². The van der Waals surface area contributed by atoms with E-state index in [1.165, 1.54) is 6.07 Å². The van der Waals surface area contributed by atoms with Crippen molar-refractivity contribution in [2.24, 2.45) is 0 Å². The maximum absolute atomic E-state index is 11.0. The van der Waals surface area contributed by atoms with Gasteiger partial charge in [0, 0.05) is 29.7 Å². The fraction of sp³-hybridized carbons (Fsp3) is 0.133. The number of para-hydroxylation sites is 1. The van der Waals surface area contributed by atoms with E-state index in [0.29, 0.717) is 16.5 Å². The van der Waals surface area contributed by atoms with Crippen LogP contribution in [0.4, 0.5) is 17.1 Å². The van der Waals surface area contributed by atoms with Crippen LogP contribution < -0.4 is 4.90 Å². The molecule has 0 fully saturated rings. The van der Waals surface area contributed by atoms with Crippen molar-refractivity contribution < 1.29 is 4.92 Å². The number of nitro benzene ring substituents is 1. The first kappa shape index (κ1) is 15.0. The molecule has 0 aliphatic heterocycles. The topological polar surface area (TPSA) is 70.2 Å². The average Bonchev–Trinajstić information content (AvgIpc) is 2.53. The van der Waals surface area contributed by atoms with Crippen molar-refractivity contribution in [2.75, 3.05) is 11.9 Å². The van der Waals surface area contributed by atoms with E-state index in [-0.39, 0.29) is 5.69 Å². The average molecular weight is 346 g/mol. The predicted octanol–water partition coefficient (Wildman–Crippen LogP) is 4.13. The summed E-state index contributed by atoms with van der Waals surface area (Å²) in [4.78, 5) is 12.4. The minimum Gasteiger partial charge on any atom is -0.344 e. The van der Waals surface area contributed by atoms with Crippen molar-refractivity contribution in [1.29, 1.82) is 5.26 Å². The molecule has 106 valence electrons. The number of nitriles is 1. The molecular weight excluding hydrogens is 334 g/mol. The first-order valence-corrected chi connectivity index (χ1v) is 7.26. The van der Waals surface area contributed by atoms with Crippen LogP contribution in [0.15, 0.2) is 42.5 Å². The molecule has 0 aliphatic carbocycles. The van der Waals surface area contributed by atoms with E-state index in [0.717, 1.165) is 11.4 Å². The minimum atomic E-state index is -0.399. The Morgan fingerprint density at radius 2 is 2.05 bits per heavy atom. The molecule has 2 rings (SSSR count). The number of hydrogen-bond donors (Lipinski definition) is 0. The lowest BCUT2D eigenvalue weighted by Gasteiger charge is -2.21. The number of alkyl halides is 1. The van der Waals surface area contributed by atoms with Crippen LogP contribution >= 0.6 is 15.9 Å². The van der Waals surface area contributed by atoms with Crippen LogP contribution in [0.25, 0.3) is 0 Å². The highest BCUT2D eigenvalue weighted by molar-refractivity contribution is 9.08. The molecule has 0 saturated heterocycles. The van der Waals surface area contributed by atoms with Crippen LogP contribution in [0, 0.1) is 21.4 Å². The molecule has 5 nitrogen and oxygen atoms in total. The standard InChI is InChI=1S/C15H12BrN3O2/c1-18(14-5-3-2-4-11(14)10-17)13-6-7-15(19(20)21)12(8-13)9-16/h2-8H,9H2,1H3. The molecule has 0 heterocycles. The Hall–Kier alpha value is -2.39. The molecule has 0 saturated carbocycles. The lowest BCUT2D eigenvalue weighted by atomic mass is 10.1. The summed E-state index contributed by atoms with van der Waals surface area (Å²) in [5.74, 6) is 0. The van der Waals surface area contributed by atoms with E-state index in [2.05, 4.69) is 22.0 Å². The first-order valence-electron chi connectivity index (χ1n) is 6.14. The first-order chi connectivity index (χ1) is 10.1. The van der Waals surface area contributed by atoms with E-state index in [9.17, 15) is 10.1 Å². The van der Waals surface area contributed by atoms with Crippen molar-refractivity contribution >= 4 is 33.0 Å². The summed E-state index contributed by atoms with van der Waals surface area (Å²) in [6.07, 6.45) is 0. The Morgan fingerprint density at radius 3 is 2.67 bits per heavy atom. The predicted molar refractivity (Wildman–Crippen MR) is 84.9 cm³/mol. The molecule has 0 atom stereocenters. The molecule has 6 heteroatoms. The third-order valence-corrected chi connectivity index (χ3v) is 3.78. The number of hydrogen-bond acceptors (Lipinski definition) is 4. The number of halogens is 1. The Kier molecular flexibility index (Phi) is 4.55. The molecular formula is C15H12BrN3O2. The molecule has 2 aromatic carbocycles. The number of nitrogens with zero attached hydrogens (tertiary/aromatic N) is 3. The molecule has 0 radical (unpaired) electrons. The number of benzene rings is 2. The summed E-state index contributed by atoms with van der Waals surface area (Å²) in [6, 6.07) is 14.3. The summed E-state index contributed by atoms with van der Waals surface area (Å²) >= 11 is 3.27. The highest BCUT2D eigenvalue weighted by atomic mass is 79.9. The van der Waals surface area contributed by atoms with Gasteiger partial charge in [-0.2, -0.15) is 5.26 Å². The fourth-order valence-corrected chi connectivity index (χ4v) is 2.51. The van der Waals surface area contributed by atoms with Crippen molar-refractivity contribution in [3.63, 3.8) is 0 Å². The Morgan fingerprint density at radius 1 is 1.33 bits per heavy atom. The maximum Gasteiger partial charge on any atom is 0.273 e. The van der Waals surface area contributed by atoms with Gasteiger partial charge in [-0.3, -0.25) is 10.1 Å². The highest BCUT2D eigenvalue weighted by Crippen LogP contribution is 2.31. The molecule has 21 heavy (non-hydrogen) atoms. The summed E-state index contributed by atoms with van der Waals surface area (Å²) in [5.41, 5.74) is 2.78. The zero-order chi connectivity index (χ0) is 15.4. The normalized spacial score (nSPS) is 9.95. The Bertz CT molecular complexity index is 725. The van der Waals surface area contributed by atoms with Gasteiger partial charge in [0.15, 0.2) is 0 Å². The molecule has 0 N–H and O–H groups in total. The summed E-state index contributed by atoms with van der Waals surface area (Å²) in [6.45, 7) is 0. The van der Waals surface area contributed by atoms with Gasteiger partial charge in [0.1, 0.15) is 6.07 Å². The van der Waals surface area contributed by atoms with E-state index in [4.69, 9.17) is 5.26 Å². The van der Waals surface area contributed by atoms with Gasteiger partial charge in [-0.25, -0.2) is 0 Å². The molecule has 0 bridgehead atoms. The molecule has 0 spiro atoms. The molecule has 0 amide bonds. The van der Waals surface area contributed by atoms with Gasteiger partial charge < -0.3 is 4.90 Å². The third kappa shape index (κ3) is 3.03. The van der Waals surface area contributed by atoms with Crippen LogP contribution in [0.3, 0.4) is 0 Å². The van der Waals surface area contributed by atoms with Gasteiger partial charge in [-0.05, 0) is 24.3 Å². The second kappa shape index (κ2) is 6.37. The molecule has 0 aromatic heterocycles. The van der Waals surface area contributed by atoms with Gasteiger partial charge in [0.25, 0.3) is 5.69 Å². The van der Waals surface area contributed by atoms with E-state index >= 15 is 0 Å². The highest BCUT2D eigenvalue weighted by Gasteiger charge is 2.16. The maximum atomic E-state index is 11.0. The number of nitro groups is 1. The Balaban J connectivity index is 2.47. The van der Waals surface area contributed by atoms with E-state index < -0.39 is 4.92 Å². The molecule has 2 aromatic rings. The minimum absolute atomic E-state index is 0.0811. The quantitative estimate of drug-likeness (QED) is 0.474.